The molecule has 3 rings (SSSR count). The van der Waals surface area contributed by atoms with Crippen molar-refractivity contribution in [1.29, 1.82) is 0 Å². The van der Waals surface area contributed by atoms with Gasteiger partial charge in [0, 0.05) is 36.7 Å². The lowest BCUT2D eigenvalue weighted by Gasteiger charge is -2.34. The first-order chi connectivity index (χ1) is 10.6. The summed E-state index contributed by atoms with van der Waals surface area (Å²) >= 11 is 0. The second kappa shape index (κ2) is 6.16. The van der Waals surface area contributed by atoms with E-state index in [0.717, 1.165) is 36.3 Å². The van der Waals surface area contributed by atoms with Gasteiger partial charge in [-0.2, -0.15) is 0 Å². The van der Waals surface area contributed by atoms with Crippen LogP contribution in [-0.4, -0.2) is 37.1 Å². The van der Waals surface area contributed by atoms with Gasteiger partial charge in [-0.1, -0.05) is 0 Å². The number of methoxy groups -OCH3 is 2. The number of carbonyl (C=O) groups excluding carboxylic acids is 1. The summed E-state index contributed by atoms with van der Waals surface area (Å²) in [5.41, 5.74) is 7.12. The van der Waals surface area contributed by atoms with Crippen molar-refractivity contribution >= 4 is 5.91 Å². The molecule has 0 spiro atoms. The molecule has 1 aliphatic carbocycles. The predicted molar refractivity (Wildman–Crippen MR) is 83.8 cm³/mol. The molecule has 3 atom stereocenters. The van der Waals surface area contributed by atoms with Crippen molar-refractivity contribution < 1.29 is 14.3 Å². The summed E-state index contributed by atoms with van der Waals surface area (Å²) in [6, 6.07) is 6.24. The third kappa shape index (κ3) is 2.77. The molecule has 1 amide bonds. The van der Waals surface area contributed by atoms with E-state index in [0.29, 0.717) is 18.9 Å². The number of rotatable bonds is 4. The first-order valence-corrected chi connectivity index (χ1v) is 7.88. The molecule has 1 saturated carbocycles. The third-order valence-electron chi connectivity index (χ3n) is 4.99. The minimum atomic E-state index is 0.215. The monoisotopic (exact) mass is 304 g/mol. The quantitative estimate of drug-likeness (QED) is 0.923. The first-order valence-electron chi connectivity index (χ1n) is 7.88. The molecule has 0 unspecified atom stereocenters. The maximum atomic E-state index is 12.4. The van der Waals surface area contributed by atoms with Crippen LogP contribution >= 0.6 is 0 Å². The van der Waals surface area contributed by atoms with Crippen molar-refractivity contribution in [2.75, 3.05) is 14.2 Å². The van der Waals surface area contributed by atoms with Crippen LogP contribution in [0, 0.1) is 5.92 Å². The molecule has 0 radical (unpaired) electrons. The fourth-order valence-electron chi connectivity index (χ4n) is 3.76. The lowest BCUT2D eigenvalue weighted by atomic mass is 9.82. The van der Waals surface area contributed by atoms with Gasteiger partial charge < -0.3 is 20.1 Å². The van der Waals surface area contributed by atoms with Crippen molar-refractivity contribution in [3.63, 3.8) is 0 Å². The van der Waals surface area contributed by atoms with Crippen LogP contribution in [0.25, 0.3) is 0 Å². The Balaban J connectivity index is 1.81. The normalized spacial score (nSPS) is 27.7. The van der Waals surface area contributed by atoms with Gasteiger partial charge in [0.15, 0.2) is 0 Å². The Labute approximate surface area is 131 Å². The second-order valence-electron chi connectivity index (χ2n) is 6.30. The Kier molecular flexibility index (Phi) is 4.25. The van der Waals surface area contributed by atoms with Crippen LogP contribution in [0.15, 0.2) is 18.2 Å². The summed E-state index contributed by atoms with van der Waals surface area (Å²) in [5, 5.41) is 0. The maximum Gasteiger partial charge on any atom is 0.223 e. The van der Waals surface area contributed by atoms with Crippen molar-refractivity contribution in [3.8, 4) is 11.5 Å². The average molecular weight is 304 g/mol. The SMILES string of the molecule is COc1ccc(CN2C(=O)C[C@@H]3CC[C@@H](N)C[C@H]32)c(OC)c1. The van der Waals surface area contributed by atoms with Gasteiger partial charge in [0.05, 0.1) is 14.2 Å². The van der Waals surface area contributed by atoms with Crippen LogP contribution in [0.3, 0.4) is 0 Å². The molecule has 22 heavy (non-hydrogen) atoms. The van der Waals surface area contributed by atoms with Crippen molar-refractivity contribution in [3.05, 3.63) is 23.8 Å². The Bertz CT molecular complexity index is 561. The van der Waals surface area contributed by atoms with Gasteiger partial charge in [0.2, 0.25) is 5.91 Å². The van der Waals surface area contributed by atoms with Crippen LogP contribution < -0.4 is 15.2 Å². The van der Waals surface area contributed by atoms with Gasteiger partial charge in [-0.3, -0.25) is 4.79 Å². The molecule has 1 aromatic rings. The number of hydrogen-bond acceptors (Lipinski definition) is 4. The minimum Gasteiger partial charge on any atom is -0.497 e. The van der Waals surface area contributed by atoms with Crippen LogP contribution in [0.2, 0.25) is 0 Å². The predicted octanol–water partition coefficient (Wildman–Crippen LogP) is 1.93. The number of nitrogens with zero attached hydrogens (tertiary/aromatic N) is 1. The number of carbonyl (C=O) groups is 1. The lowest BCUT2D eigenvalue weighted by molar-refractivity contribution is -0.129. The van der Waals surface area contributed by atoms with Crippen molar-refractivity contribution in [2.24, 2.45) is 11.7 Å². The van der Waals surface area contributed by atoms with Gasteiger partial charge in [0.1, 0.15) is 11.5 Å². The van der Waals surface area contributed by atoms with E-state index in [2.05, 4.69) is 0 Å². The highest BCUT2D eigenvalue weighted by molar-refractivity contribution is 5.79. The fraction of sp³-hybridized carbons (Fsp3) is 0.588. The molecule has 1 aromatic carbocycles. The molecule has 5 nitrogen and oxygen atoms in total. The van der Waals surface area contributed by atoms with E-state index in [1.165, 1.54) is 0 Å². The Hall–Kier alpha value is -1.75. The highest BCUT2D eigenvalue weighted by Gasteiger charge is 2.42. The maximum absolute atomic E-state index is 12.4. The second-order valence-corrected chi connectivity index (χ2v) is 6.30. The van der Waals surface area contributed by atoms with E-state index in [9.17, 15) is 4.79 Å². The molecular formula is C17H24N2O3. The number of ether oxygens (including phenoxy) is 2. The van der Waals surface area contributed by atoms with Gasteiger partial charge in [-0.15, -0.1) is 0 Å². The summed E-state index contributed by atoms with van der Waals surface area (Å²) < 4.78 is 10.7. The molecule has 0 bridgehead atoms. The third-order valence-corrected chi connectivity index (χ3v) is 4.99. The Morgan fingerprint density at radius 2 is 2.09 bits per heavy atom. The van der Waals surface area contributed by atoms with Crippen LogP contribution in [0.4, 0.5) is 0 Å². The van der Waals surface area contributed by atoms with E-state index >= 15 is 0 Å². The summed E-state index contributed by atoms with van der Waals surface area (Å²) in [7, 11) is 3.27. The number of amides is 1. The van der Waals surface area contributed by atoms with Crippen molar-refractivity contribution in [2.45, 2.75) is 44.3 Å². The van der Waals surface area contributed by atoms with Gasteiger partial charge in [0.25, 0.3) is 0 Å². The zero-order chi connectivity index (χ0) is 15.7. The summed E-state index contributed by atoms with van der Waals surface area (Å²) in [6.45, 7) is 0.583. The smallest absolute Gasteiger partial charge is 0.223 e. The number of benzene rings is 1. The molecule has 0 aromatic heterocycles. The Morgan fingerprint density at radius 3 is 2.82 bits per heavy atom. The fourth-order valence-corrected chi connectivity index (χ4v) is 3.76. The summed E-state index contributed by atoms with van der Waals surface area (Å²) in [4.78, 5) is 14.4. The van der Waals surface area contributed by atoms with E-state index < -0.39 is 0 Å². The molecule has 2 fully saturated rings. The topological polar surface area (TPSA) is 64.8 Å². The number of likely N-dealkylation sites (tertiary alicyclic amines) is 1. The molecule has 1 saturated heterocycles. The van der Waals surface area contributed by atoms with E-state index in [-0.39, 0.29) is 18.0 Å². The lowest BCUT2D eigenvalue weighted by Crippen LogP contribution is -2.42. The molecule has 1 aliphatic heterocycles. The highest BCUT2D eigenvalue weighted by atomic mass is 16.5. The zero-order valence-corrected chi connectivity index (χ0v) is 13.2. The molecule has 5 heteroatoms. The molecule has 120 valence electrons. The Morgan fingerprint density at radius 1 is 1.27 bits per heavy atom. The summed E-state index contributed by atoms with van der Waals surface area (Å²) in [6.07, 6.45) is 3.67. The minimum absolute atomic E-state index is 0.215. The van der Waals surface area contributed by atoms with Crippen LogP contribution in [-0.2, 0) is 11.3 Å². The summed E-state index contributed by atoms with van der Waals surface area (Å²) in [5.74, 6) is 2.22. The van der Waals surface area contributed by atoms with Gasteiger partial charge in [-0.05, 0) is 37.3 Å². The zero-order valence-electron chi connectivity index (χ0n) is 13.2. The number of hydrogen-bond donors (Lipinski definition) is 1. The molecule has 2 N–H and O–H groups in total. The number of fused-ring (bicyclic) bond motifs is 1. The highest BCUT2D eigenvalue weighted by Crippen LogP contribution is 2.38. The van der Waals surface area contributed by atoms with Crippen LogP contribution in [0.1, 0.15) is 31.2 Å². The van der Waals surface area contributed by atoms with E-state index in [1.807, 2.05) is 23.1 Å². The van der Waals surface area contributed by atoms with Crippen molar-refractivity contribution in [1.82, 2.24) is 4.90 Å². The standard InChI is InChI=1S/C17H24N2O3/c1-21-14-6-4-12(16(9-14)22-2)10-19-15-8-13(18)5-3-11(15)7-17(19)20/h4,6,9,11,13,15H,3,5,7-8,10,18H2,1-2H3/t11-,13+,15+/m0/s1. The molecule has 1 heterocycles. The molecular weight excluding hydrogens is 280 g/mol. The average Bonchev–Trinajstić information content (AvgIpc) is 2.83. The number of nitrogens with two attached hydrogens (primary N) is 1. The van der Waals surface area contributed by atoms with Gasteiger partial charge in [-0.25, -0.2) is 0 Å². The van der Waals surface area contributed by atoms with Crippen LogP contribution in [0.5, 0.6) is 11.5 Å². The molecule has 2 aliphatic rings. The van der Waals surface area contributed by atoms with E-state index in [4.69, 9.17) is 15.2 Å². The van der Waals surface area contributed by atoms with Gasteiger partial charge >= 0.3 is 0 Å². The van der Waals surface area contributed by atoms with E-state index in [1.54, 1.807) is 14.2 Å². The largest absolute Gasteiger partial charge is 0.497 e. The first kappa shape index (κ1) is 15.2.